The third-order valence-corrected chi connectivity index (χ3v) is 7.97. The quantitative estimate of drug-likeness (QED) is 0.454. The highest BCUT2D eigenvalue weighted by Crippen LogP contribution is 2.45. The Labute approximate surface area is 206 Å². The maximum atomic E-state index is 12.9. The van der Waals surface area contributed by atoms with Gasteiger partial charge >= 0.3 is 0 Å². The lowest BCUT2D eigenvalue weighted by Crippen LogP contribution is -2.41. The molecule has 6 rings (SSSR count). The summed E-state index contributed by atoms with van der Waals surface area (Å²) in [4.78, 5) is 36.3. The molecular formula is C25H26N6O3S. The Bertz CT molecular complexity index is 1320. The molecular weight excluding hydrogens is 464 g/mol. The molecule has 4 atom stereocenters. The van der Waals surface area contributed by atoms with Crippen LogP contribution in [0.25, 0.3) is 10.2 Å². The summed E-state index contributed by atoms with van der Waals surface area (Å²) >= 11 is 1.55. The Kier molecular flexibility index (Phi) is 5.62. The minimum atomic E-state index is -0.282. The molecule has 35 heavy (non-hydrogen) atoms. The maximum absolute atomic E-state index is 12.9. The number of anilines is 3. The number of nitrogens with one attached hydrogen (secondary N) is 2. The minimum absolute atomic E-state index is 0.0182. The standard InChI is InChI=1S/C25H26N6O3S/c26-22(32)19-14-4-5-15(12-14)20(19)29-23-21-18(6-11-35-21)28-25(30-23)27-17-3-1-2-16(13-17)24(33)31-7-9-34-10-8-31/h1-6,11,13-15,19-20H,7-10,12H2,(H2,26,32)(H2,27,28,29,30)/t14-,15+,19+,20-/m1/s1. The molecule has 180 valence electrons. The average molecular weight is 491 g/mol. The second-order valence-electron chi connectivity index (χ2n) is 9.19. The summed E-state index contributed by atoms with van der Waals surface area (Å²) in [5.41, 5.74) is 7.89. The van der Waals surface area contributed by atoms with Gasteiger partial charge in [-0.3, -0.25) is 9.59 Å². The lowest BCUT2D eigenvalue weighted by Gasteiger charge is -2.27. The zero-order valence-corrected chi connectivity index (χ0v) is 19.8. The average Bonchev–Trinajstić information content (AvgIpc) is 3.61. The molecule has 2 amide bonds. The van der Waals surface area contributed by atoms with E-state index in [9.17, 15) is 9.59 Å². The fraction of sp³-hybridized carbons (Fsp3) is 0.360. The smallest absolute Gasteiger partial charge is 0.254 e. The number of thiophene rings is 1. The van der Waals surface area contributed by atoms with E-state index in [4.69, 9.17) is 15.5 Å². The van der Waals surface area contributed by atoms with Crippen LogP contribution in [0.3, 0.4) is 0 Å². The molecule has 1 aromatic carbocycles. The second-order valence-corrected chi connectivity index (χ2v) is 10.1. The lowest BCUT2D eigenvalue weighted by molar-refractivity contribution is -0.122. The number of aromatic nitrogens is 2. The number of carbonyl (C=O) groups excluding carboxylic acids is 2. The van der Waals surface area contributed by atoms with Gasteiger partial charge in [-0.2, -0.15) is 4.98 Å². The topological polar surface area (TPSA) is 122 Å². The second kappa shape index (κ2) is 8.94. The molecule has 1 saturated heterocycles. The van der Waals surface area contributed by atoms with Gasteiger partial charge in [-0.15, -0.1) is 11.3 Å². The lowest BCUT2D eigenvalue weighted by atomic mass is 9.88. The molecule has 3 heterocycles. The molecule has 2 bridgehead atoms. The van der Waals surface area contributed by atoms with Crippen molar-refractivity contribution in [3.05, 3.63) is 53.4 Å². The Morgan fingerprint density at radius 3 is 2.77 bits per heavy atom. The number of hydrogen-bond donors (Lipinski definition) is 3. The number of hydrogen-bond acceptors (Lipinski definition) is 8. The van der Waals surface area contributed by atoms with Gasteiger partial charge in [-0.05, 0) is 47.9 Å². The first kappa shape index (κ1) is 22.0. The van der Waals surface area contributed by atoms with Crippen LogP contribution in [-0.4, -0.2) is 59.0 Å². The van der Waals surface area contributed by atoms with Crippen molar-refractivity contribution in [2.75, 3.05) is 36.9 Å². The van der Waals surface area contributed by atoms with E-state index in [1.165, 1.54) is 0 Å². The van der Waals surface area contributed by atoms with Crippen LogP contribution in [-0.2, 0) is 9.53 Å². The molecule has 3 aromatic rings. The van der Waals surface area contributed by atoms with Gasteiger partial charge in [0.05, 0.1) is 29.3 Å². The van der Waals surface area contributed by atoms with E-state index in [0.29, 0.717) is 43.6 Å². The van der Waals surface area contributed by atoms with E-state index < -0.39 is 0 Å². The van der Waals surface area contributed by atoms with E-state index in [1.807, 2.05) is 35.7 Å². The van der Waals surface area contributed by atoms with Crippen LogP contribution in [0.4, 0.5) is 17.5 Å². The number of carbonyl (C=O) groups is 2. The molecule has 1 saturated carbocycles. The van der Waals surface area contributed by atoms with E-state index in [1.54, 1.807) is 16.2 Å². The molecule has 0 unspecified atom stereocenters. The number of benzene rings is 1. The molecule has 1 aliphatic heterocycles. The van der Waals surface area contributed by atoms with Crippen LogP contribution in [0.1, 0.15) is 16.8 Å². The summed E-state index contributed by atoms with van der Waals surface area (Å²) in [6.45, 7) is 2.30. The Morgan fingerprint density at radius 2 is 1.94 bits per heavy atom. The van der Waals surface area contributed by atoms with Gasteiger partial charge in [0, 0.05) is 30.4 Å². The van der Waals surface area contributed by atoms with Crippen molar-refractivity contribution in [3.63, 3.8) is 0 Å². The van der Waals surface area contributed by atoms with Crippen molar-refractivity contribution >= 4 is 50.8 Å². The first-order chi connectivity index (χ1) is 17.1. The summed E-state index contributed by atoms with van der Waals surface area (Å²) in [6.07, 6.45) is 5.21. The van der Waals surface area contributed by atoms with Crippen molar-refractivity contribution in [3.8, 4) is 0 Å². The summed E-state index contributed by atoms with van der Waals surface area (Å²) in [6, 6.07) is 9.21. The van der Waals surface area contributed by atoms with Crippen LogP contribution in [0.5, 0.6) is 0 Å². The van der Waals surface area contributed by atoms with Crippen molar-refractivity contribution in [2.24, 2.45) is 23.5 Å². The van der Waals surface area contributed by atoms with E-state index in [0.717, 1.165) is 22.3 Å². The van der Waals surface area contributed by atoms with Crippen LogP contribution < -0.4 is 16.4 Å². The van der Waals surface area contributed by atoms with E-state index >= 15 is 0 Å². The molecule has 9 nitrogen and oxygen atoms in total. The van der Waals surface area contributed by atoms with Crippen LogP contribution in [0, 0.1) is 17.8 Å². The molecule has 0 spiro atoms. The Hall–Kier alpha value is -3.50. The van der Waals surface area contributed by atoms with Gasteiger partial charge in [-0.25, -0.2) is 4.98 Å². The van der Waals surface area contributed by atoms with Gasteiger partial charge < -0.3 is 26.0 Å². The number of morpholine rings is 1. The van der Waals surface area contributed by atoms with Gasteiger partial charge in [0.1, 0.15) is 5.82 Å². The highest BCUT2D eigenvalue weighted by molar-refractivity contribution is 7.17. The maximum Gasteiger partial charge on any atom is 0.254 e. The zero-order valence-electron chi connectivity index (χ0n) is 19.0. The normalized spacial score (nSPS) is 25.2. The number of allylic oxidation sites excluding steroid dienone is 1. The van der Waals surface area contributed by atoms with Gasteiger partial charge in [0.25, 0.3) is 5.91 Å². The number of amides is 2. The molecule has 10 heteroatoms. The zero-order chi connectivity index (χ0) is 23.9. The van der Waals surface area contributed by atoms with Gasteiger partial charge in [0.15, 0.2) is 0 Å². The van der Waals surface area contributed by atoms with Gasteiger partial charge in [0.2, 0.25) is 11.9 Å². The summed E-state index contributed by atoms with van der Waals surface area (Å²) < 4.78 is 6.29. The molecule has 0 radical (unpaired) electrons. The number of primary amides is 1. The van der Waals surface area contributed by atoms with E-state index in [2.05, 4.69) is 27.8 Å². The van der Waals surface area contributed by atoms with Crippen LogP contribution in [0.2, 0.25) is 0 Å². The summed E-state index contributed by atoms with van der Waals surface area (Å²) in [5, 5.41) is 8.76. The van der Waals surface area contributed by atoms with Crippen LogP contribution >= 0.6 is 11.3 Å². The number of fused-ring (bicyclic) bond motifs is 3. The fourth-order valence-corrected chi connectivity index (χ4v) is 6.17. The Morgan fingerprint density at radius 1 is 1.11 bits per heavy atom. The van der Waals surface area contributed by atoms with Crippen molar-refractivity contribution < 1.29 is 14.3 Å². The largest absolute Gasteiger partial charge is 0.378 e. The third-order valence-electron chi connectivity index (χ3n) is 7.06. The number of nitrogens with two attached hydrogens (primary N) is 1. The van der Waals surface area contributed by atoms with Crippen molar-refractivity contribution in [2.45, 2.75) is 12.5 Å². The predicted octanol–water partition coefficient (Wildman–Crippen LogP) is 3.00. The minimum Gasteiger partial charge on any atom is -0.378 e. The number of nitrogens with zero attached hydrogens (tertiary/aromatic N) is 3. The van der Waals surface area contributed by atoms with Crippen molar-refractivity contribution in [1.29, 1.82) is 0 Å². The summed E-state index contributed by atoms with van der Waals surface area (Å²) in [5.74, 6) is 0.983. The first-order valence-corrected chi connectivity index (χ1v) is 12.7. The van der Waals surface area contributed by atoms with Crippen molar-refractivity contribution in [1.82, 2.24) is 14.9 Å². The highest BCUT2D eigenvalue weighted by Gasteiger charge is 2.47. The molecule has 2 fully saturated rings. The molecule has 2 aromatic heterocycles. The monoisotopic (exact) mass is 490 g/mol. The van der Waals surface area contributed by atoms with E-state index in [-0.39, 0.29) is 35.6 Å². The summed E-state index contributed by atoms with van der Waals surface area (Å²) in [7, 11) is 0. The van der Waals surface area contributed by atoms with Gasteiger partial charge in [-0.1, -0.05) is 18.2 Å². The Balaban J connectivity index is 1.26. The first-order valence-electron chi connectivity index (χ1n) is 11.8. The fourth-order valence-electron chi connectivity index (χ4n) is 5.39. The molecule has 4 N–H and O–H groups in total. The highest BCUT2D eigenvalue weighted by atomic mass is 32.1. The van der Waals surface area contributed by atoms with Crippen LogP contribution in [0.15, 0.2) is 47.9 Å². The molecule has 2 aliphatic carbocycles. The third kappa shape index (κ3) is 4.12. The number of ether oxygens (including phenoxy) is 1. The molecule has 3 aliphatic rings. The number of rotatable bonds is 6. The predicted molar refractivity (Wildman–Crippen MR) is 135 cm³/mol. The SMILES string of the molecule is NC(=O)[C@@H]1[C@H](Nc2nc(Nc3cccc(C(=O)N4CCOCC4)c3)nc3ccsc23)[C@H]2C=C[C@@H]1C2.